The van der Waals surface area contributed by atoms with Crippen LogP contribution in [-0.2, 0) is 22.6 Å². The summed E-state index contributed by atoms with van der Waals surface area (Å²) in [4.78, 5) is 48.6. The average molecular weight is 817 g/mol. The van der Waals surface area contributed by atoms with E-state index in [0.717, 1.165) is 30.5 Å². The number of nitrogens with two attached hydrogens (primary N) is 1. The Balaban J connectivity index is 1.25. The number of rotatable bonds is 14. The zero-order valence-corrected chi connectivity index (χ0v) is 33.9. The third kappa shape index (κ3) is 10.1. The van der Waals surface area contributed by atoms with E-state index in [0.29, 0.717) is 61.6 Å². The van der Waals surface area contributed by atoms with E-state index in [1.807, 2.05) is 69.3 Å². The summed E-state index contributed by atoms with van der Waals surface area (Å²) < 4.78 is 12.9. The van der Waals surface area contributed by atoms with E-state index < -0.39 is 23.7 Å². The van der Waals surface area contributed by atoms with Gasteiger partial charge in [-0.1, -0.05) is 59.6 Å². The highest BCUT2D eigenvalue weighted by molar-refractivity contribution is 6.39. The molecule has 5 aromatic rings. The lowest BCUT2D eigenvalue weighted by Crippen LogP contribution is -2.43. The Kier molecular flexibility index (Phi) is 13.2. The lowest BCUT2D eigenvalue weighted by Gasteiger charge is -2.29. The molecule has 300 valence electrons. The first-order valence-electron chi connectivity index (χ1n) is 18.7. The number of hydrogen-bond acceptors (Lipinski definition) is 10. The second-order valence-electron chi connectivity index (χ2n) is 15.0. The van der Waals surface area contributed by atoms with Crippen LogP contribution in [0.5, 0.6) is 5.88 Å². The van der Waals surface area contributed by atoms with E-state index in [9.17, 15) is 19.5 Å². The summed E-state index contributed by atoms with van der Waals surface area (Å²) in [5.41, 5.74) is 9.86. The molecule has 2 aromatic carbocycles. The van der Waals surface area contributed by atoms with Gasteiger partial charge in [0.1, 0.15) is 11.2 Å². The molecular formula is C42H47Cl2N7O6. The van der Waals surface area contributed by atoms with Gasteiger partial charge in [0.15, 0.2) is 0 Å². The van der Waals surface area contributed by atoms with Crippen LogP contribution in [0.15, 0.2) is 77.9 Å². The van der Waals surface area contributed by atoms with Crippen LogP contribution in [0.4, 0.5) is 4.79 Å². The number of nitrogens with one attached hydrogen (secondary N) is 2. The number of benzene rings is 2. The van der Waals surface area contributed by atoms with Gasteiger partial charge in [-0.25, -0.2) is 14.8 Å². The van der Waals surface area contributed by atoms with Crippen LogP contribution in [-0.4, -0.2) is 80.9 Å². The van der Waals surface area contributed by atoms with Gasteiger partial charge in [-0.3, -0.25) is 14.0 Å². The first kappa shape index (κ1) is 41.6. The van der Waals surface area contributed by atoms with Crippen LogP contribution < -0.4 is 26.7 Å². The smallest absolute Gasteiger partial charge is 0.410 e. The SMILES string of the molecule is COc1nc(-c2cccc(-c3cccc(-c4ccn5c(=O)c(CNC[C@@H](O)CC(N)=O)cnc5c4)c3Cl)c2Cl)ccc1CN(C[C@@H]1CCCN1)C(=O)OC(C)(C)C. The Bertz CT molecular complexity index is 2320. The number of hydrogen-bond donors (Lipinski definition) is 4. The van der Waals surface area contributed by atoms with E-state index in [1.165, 1.54) is 10.6 Å². The minimum atomic E-state index is -0.954. The molecular weight excluding hydrogens is 769 g/mol. The van der Waals surface area contributed by atoms with Gasteiger partial charge in [-0.05, 0) is 70.0 Å². The second kappa shape index (κ2) is 18.0. The number of ether oxygens (including phenoxy) is 2. The molecule has 1 aliphatic heterocycles. The minimum absolute atomic E-state index is 0.0948. The minimum Gasteiger partial charge on any atom is -0.481 e. The molecule has 5 N–H and O–H groups in total. The number of aliphatic hydroxyl groups excluding tert-OH is 1. The Hall–Kier alpha value is -5.05. The van der Waals surface area contributed by atoms with Crippen molar-refractivity contribution in [3.05, 3.63) is 105 Å². The molecule has 1 fully saturated rings. The van der Waals surface area contributed by atoms with Gasteiger partial charge in [0.05, 0.1) is 41.9 Å². The van der Waals surface area contributed by atoms with Crippen molar-refractivity contribution in [3.63, 3.8) is 0 Å². The summed E-state index contributed by atoms with van der Waals surface area (Å²) in [6, 6.07) is 18.8. The van der Waals surface area contributed by atoms with Crippen molar-refractivity contribution in [2.75, 3.05) is 26.7 Å². The Labute approximate surface area is 341 Å². The number of fused-ring (bicyclic) bond motifs is 1. The summed E-state index contributed by atoms with van der Waals surface area (Å²) in [5, 5.41) is 17.2. The summed E-state index contributed by atoms with van der Waals surface area (Å²) in [7, 11) is 1.55. The molecule has 2 atom stereocenters. The van der Waals surface area contributed by atoms with Gasteiger partial charge in [0, 0.05) is 71.5 Å². The predicted molar refractivity (Wildman–Crippen MR) is 221 cm³/mol. The zero-order valence-electron chi connectivity index (χ0n) is 32.4. The molecule has 13 nitrogen and oxygen atoms in total. The van der Waals surface area contributed by atoms with Crippen LogP contribution >= 0.6 is 23.2 Å². The number of aromatic nitrogens is 3. The van der Waals surface area contributed by atoms with Crippen molar-refractivity contribution in [2.45, 2.75) is 70.9 Å². The summed E-state index contributed by atoms with van der Waals surface area (Å²) in [6.07, 6.45) is 3.63. The van der Waals surface area contributed by atoms with E-state index in [1.54, 1.807) is 30.3 Å². The first-order valence-corrected chi connectivity index (χ1v) is 19.5. The molecule has 2 amide bonds. The molecule has 4 heterocycles. The van der Waals surface area contributed by atoms with Crippen LogP contribution in [0.3, 0.4) is 0 Å². The van der Waals surface area contributed by atoms with E-state index in [2.05, 4.69) is 15.6 Å². The van der Waals surface area contributed by atoms with Crippen LogP contribution in [0.25, 0.3) is 39.2 Å². The van der Waals surface area contributed by atoms with Crippen molar-refractivity contribution in [2.24, 2.45) is 5.73 Å². The number of carbonyl (C=O) groups excluding carboxylic acids is 2. The van der Waals surface area contributed by atoms with E-state index in [-0.39, 0.29) is 37.7 Å². The van der Waals surface area contributed by atoms with Crippen LogP contribution in [0, 0.1) is 0 Å². The highest BCUT2D eigenvalue weighted by Gasteiger charge is 2.28. The lowest BCUT2D eigenvalue weighted by molar-refractivity contribution is -0.119. The quantitative estimate of drug-likeness (QED) is 0.101. The van der Waals surface area contributed by atoms with Gasteiger partial charge in [0.2, 0.25) is 11.8 Å². The molecule has 0 aliphatic carbocycles. The number of nitrogens with zero attached hydrogens (tertiary/aromatic N) is 4. The lowest BCUT2D eigenvalue weighted by atomic mass is 9.97. The van der Waals surface area contributed by atoms with Crippen LogP contribution in [0.2, 0.25) is 10.0 Å². The zero-order chi connectivity index (χ0) is 40.9. The molecule has 0 saturated carbocycles. The number of primary amides is 1. The van der Waals surface area contributed by atoms with Crippen molar-refractivity contribution < 1.29 is 24.2 Å². The fourth-order valence-electron chi connectivity index (χ4n) is 6.81. The second-order valence-corrected chi connectivity index (χ2v) is 15.8. The molecule has 1 saturated heterocycles. The number of pyridine rings is 2. The molecule has 0 spiro atoms. The maximum atomic E-state index is 13.3. The highest BCUT2D eigenvalue weighted by atomic mass is 35.5. The molecule has 0 unspecified atom stereocenters. The van der Waals surface area contributed by atoms with Gasteiger partial charge in [-0.2, -0.15) is 0 Å². The number of aliphatic hydroxyl groups is 1. The Morgan fingerprint density at radius 3 is 2.42 bits per heavy atom. The van der Waals surface area contributed by atoms with E-state index in [4.69, 9.17) is 43.4 Å². The van der Waals surface area contributed by atoms with Crippen molar-refractivity contribution in [1.82, 2.24) is 29.9 Å². The Morgan fingerprint density at radius 1 is 1.05 bits per heavy atom. The normalized spacial score (nSPS) is 14.8. The van der Waals surface area contributed by atoms with Crippen LogP contribution in [0.1, 0.15) is 51.2 Å². The molecule has 1 aliphatic rings. The van der Waals surface area contributed by atoms with Gasteiger partial charge in [0.25, 0.3) is 5.56 Å². The number of carbonyl (C=O) groups is 2. The van der Waals surface area contributed by atoms with Crippen molar-refractivity contribution in [1.29, 1.82) is 0 Å². The van der Waals surface area contributed by atoms with E-state index >= 15 is 0 Å². The fourth-order valence-corrected chi connectivity index (χ4v) is 7.47. The molecule has 6 rings (SSSR count). The largest absolute Gasteiger partial charge is 0.481 e. The number of amides is 2. The Morgan fingerprint density at radius 2 is 1.75 bits per heavy atom. The maximum Gasteiger partial charge on any atom is 0.410 e. The fraction of sp³-hybridized carbons (Fsp3) is 0.357. The third-order valence-electron chi connectivity index (χ3n) is 9.54. The van der Waals surface area contributed by atoms with Gasteiger partial charge in [-0.15, -0.1) is 0 Å². The molecule has 0 radical (unpaired) electrons. The average Bonchev–Trinajstić information content (AvgIpc) is 3.68. The van der Waals surface area contributed by atoms with Crippen molar-refractivity contribution >= 4 is 40.8 Å². The predicted octanol–water partition coefficient (Wildman–Crippen LogP) is 6.22. The monoisotopic (exact) mass is 815 g/mol. The topological polar surface area (TPSA) is 173 Å². The summed E-state index contributed by atoms with van der Waals surface area (Å²) in [6.45, 7) is 7.46. The molecule has 15 heteroatoms. The summed E-state index contributed by atoms with van der Waals surface area (Å²) in [5.74, 6) is -0.239. The summed E-state index contributed by atoms with van der Waals surface area (Å²) >= 11 is 14.3. The molecule has 3 aromatic heterocycles. The number of halogens is 2. The van der Waals surface area contributed by atoms with Gasteiger partial charge >= 0.3 is 6.09 Å². The van der Waals surface area contributed by atoms with Gasteiger partial charge < -0.3 is 35.8 Å². The molecule has 57 heavy (non-hydrogen) atoms. The maximum absolute atomic E-state index is 13.3. The number of methoxy groups -OCH3 is 1. The first-order chi connectivity index (χ1) is 27.2. The third-order valence-corrected chi connectivity index (χ3v) is 10.4. The standard InChI is InChI=1S/C42H47Cl2N7O6/c1-42(2,3)57-41(55)50(24-28-8-7-16-47-28)23-26-13-14-34(49-39(26)56-4)33-12-6-11-32(38(33)44)31-10-5-9-30(37(31)43)25-15-17-51-36(18-25)48-21-27(40(51)54)20-46-22-29(52)19-35(45)53/h5-6,9-15,17-18,21,28-29,46-47,52H,7-8,16,19-20,22-24H2,1-4H3,(H2,45,53)/t28-,29-/m0/s1. The van der Waals surface area contributed by atoms with Crippen molar-refractivity contribution in [3.8, 4) is 39.4 Å². The molecule has 0 bridgehead atoms. The highest BCUT2D eigenvalue weighted by Crippen LogP contribution is 2.42.